The maximum Gasteiger partial charge on any atom is 0.131 e. The van der Waals surface area contributed by atoms with E-state index in [0.717, 1.165) is 0 Å². The predicted molar refractivity (Wildman–Crippen MR) is 87.6 cm³/mol. The minimum Gasteiger partial charge on any atom is -0.497 e. The highest BCUT2D eigenvalue weighted by Gasteiger charge is 2.29. The van der Waals surface area contributed by atoms with Gasteiger partial charge in [0, 0.05) is 5.56 Å². The highest BCUT2D eigenvalue weighted by Crippen LogP contribution is 2.42. The van der Waals surface area contributed by atoms with Crippen LogP contribution in [0.2, 0.25) is 0 Å². The molecule has 2 aromatic rings. The standard InChI is InChI=1S/C19H22F2O2/c1-19(2,3)18(21)16-9-12(11-22)5-7-14(16)15-10-13(23-4)6-8-17(15)20/h5-10,18,22H,11H2,1-4H3. The van der Waals surface area contributed by atoms with Crippen molar-refractivity contribution in [2.24, 2.45) is 5.41 Å². The second-order valence-electron chi connectivity index (χ2n) is 6.65. The fourth-order valence-electron chi connectivity index (χ4n) is 2.47. The summed E-state index contributed by atoms with van der Waals surface area (Å²) in [6.45, 7) is 5.17. The first-order valence-electron chi connectivity index (χ1n) is 7.49. The molecule has 0 spiro atoms. The Balaban J connectivity index is 2.67. The molecule has 0 aromatic heterocycles. The van der Waals surface area contributed by atoms with Gasteiger partial charge in [0.05, 0.1) is 13.7 Å². The van der Waals surface area contributed by atoms with E-state index in [0.29, 0.717) is 22.4 Å². The molecule has 0 aliphatic rings. The first-order valence-corrected chi connectivity index (χ1v) is 7.49. The summed E-state index contributed by atoms with van der Waals surface area (Å²) in [7, 11) is 1.50. The zero-order chi connectivity index (χ0) is 17.2. The fourth-order valence-corrected chi connectivity index (χ4v) is 2.47. The second-order valence-corrected chi connectivity index (χ2v) is 6.65. The van der Waals surface area contributed by atoms with Gasteiger partial charge in [-0.2, -0.15) is 0 Å². The van der Waals surface area contributed by atoms with E-state index in [4.69, 9.17) is 4.74 Å². The molecule has 0 saturated heterocycles. The summed E-state index contributed by atoms with van der Waals surface area (Å²) in [6.07, 6.45) is -1.30. The lowest BCUT2D eigenvalue weighted by atomic mass is 9.82. The largest absolute Gasteiger partial charge is 0.497 e. The van der Waals surface area contributed by atoms with Gasteiger partial charge in [0.15, 0.2) is 0 Å². The molecule has 0 aliphatic heterocycles. The summed E-state index contributed by atoms with van der Waals surface area (Å²) in [6, 6.07) is 9.32. The van der Waals surface area contributed by atoms with E-state index in [1.165, 1.54) is 19.2 Å². The van der Waals surface area contributed by atoms with Crippen molar-refractivity contribution in [1.29, 1.82) is 0 Å². The molecule has 0 fully saturated rings. The van der Waals surface area contributed by atoms with Gasteiger partial charge in [0.25, 0.3) is 0 Å². The minimum atomic E-state index is -1.30. The van der Waals surface area contributed by atoms with Gasteiger partial charge in [-0.25, -0.2) is 8.78 Å². The Morgan fingerprint density at radius 3 is 2.35 bits per heavy atom. The smallest absolute Gasteiger partial charge is 0.131 e. The molecular formula is C19H22F2O2. The van der Waals surface area contributed by atoms with Crippen molar-refractivity contribution in [1.82, 2.24) is 0 Å². The van der Waals surface area contributed by atoms with Gasteiger partial charge in [-0.15, -0.1) is 0 Å². The number of aliphatic hydroxyl groups excluding tert-OH is 1. The lowest BCUT2D eigenvalue weighted by Crippen LogP contribution is -2.15. The van der Waals surface area contributed by atoms with Crippen molar-refractivity contribution in [2.45, 2.75) is 33.5 Å². The zero-order valence-corrected chi connectivity index (χ0v) is 13.9. The Morgan fingerprint density at radius 2 is 1.78 bits per heavy atom. The van der Waals surface area contributed by atoms with Gasteiger partial charge < -0.3 is 9.84 Å². The first kappa shape index (κ1) is 17.4. The number of hydrogen-bond acceptors (Lipinski definition) is 2. The number of hydrogen-bond donors (Lipinski definition) is 1. The monoisotopic (exact) mass is 320 g/mol. The minimum absolute atomic E-state index is 0.190. The lowest BCUT2D eigenvalue weighted by molar-refractivity contribution is 0.165. The molecule has 4 heteroatoms. The van der Waals surface area contributed by atoms with Gasteiger partial charge in [-0.05, 0) is 46.4 Å². The summed E-state index contributed by atoms with van der Waals surface area (Å²) >= 11 is 0. The number of ether oxygens (including phenoxy) is 1. The zero-order valence-electron chi connectivity index (χ0n) is 13.9. The van der Waals surface area contributed by atoms with Crippen LogP contribution in [0.15, 0.2) is 36.4 Å². The molecule has 2 rings (SSSR count). The summed E-state index contributed by atoms with van der Waals surface area (Å²) in [5, 5.41) is 9.33. The number of methoxy groups -OCH3 is 1. The SMILES string of the molecule is COc1ccc(F)c(-c2ccc(CO)cc2C(F)C(C)(C)C)c1. The predicted octanol–water partition coefficient (Wildman–Crippen LogP) is 5.05. The Kier molecular flexibility index (Phi) is 5.05. The van der Waals surface area contributed by atoms with Crippen LogP contribution in [0.1, 0.15) is 38.1 Å². The van der Waals surface area contributed by atoms with E-state index in [9.17, 15) is 13.9 Å². The van der Waals surface area contributed by atoms with Gasteiger partial charge in [-0.1, -0.05) is 32.9 Å². The Hall–Kier alpha value is -1.94. The van der Waals surface area contributed by atoms with Crippen molar-refractivity contribution in [3.8, 4) is 16.9 Å². The highest BCUT2D eigenvalue weighted by molar-refractivity contribution is 5.70. The summed E-state index contributed by atoms with van der Waals surface area (Å²) in [5.41, 5.74) is 1.09. The van der Waals surface area contributed by atoms with Crippen LogP contribution in [-0.4, -0.2) is 12.2 Å². The molecule has 0 saturated carbocycles. The number of halogens is 2. The van der Waals surface area contributed by atoms with Crippen molar-refractivity contribution >= 4 is 0 Å². The van der Waals surface area contributed by atoms with Crippen LogP contribution in [0, 0.1) is 11.2 Å². The van der Waals surface area contributed by atoms with Crippen LogP contribution in [0.25, 0.3) is 11.1 Å². The Labute approximate surface area is 135 Å². The molecule has 1 atom stereocenters. The maximum absolute atomic E-state index is 15.0. The number of benzene rings is 2. The topological polar surface area (TPSA) is 29.5 Å². The molecule has 2 nitrogen and oxygen atoms in total. The number of aliphatic hydroxyl groups is 1. The van der Waals surface area contributed by atoms with Crippen LogP contribution in [-0.2, 0) is 6.61 Å². The number of rotatable bonds is 4. The van der Waals surface area contributed by atoms with E-state index >= 15 is 0 Å². The third-order valence-electron chi connectivity index (χ3n) is 3.80. The molecule has 2 aromatic carbocycles. The maximum atomic E-state index is 15.0. The average molecular weight is 320 g/mol. The average Bonchev–Trinajstić information content (AvgIpc) is 2.53. The van der Waals surface area contributed by atoms with E-state index in [2.05, 4.69) is 0 Å². The van der Waals surface area contributed by atoms with E-state index in [1.807, 2.05) is 0 Å². The van der Waals surface area contributed by atoms with E-state index in [-0.39, 0.29) is 12.2 Å². The van der Waals surface area contributed by atoms with Crippen LogP contribution < -0.4 is 4.74 Å². The second kappa shape index (κ2) is 6.67. The molecule has 1 unspecified atom stereocenters. The van der Waals surface area contributed by atoms with Crippen LogP contribution in [0.3, 0.4) is 0 Å². The molecule has 0 amide bonds. The Bertz CT molecular complexity index is 690. The first-order chi connectivity index (χ1) is 10.8. The van der Waals surface area contributed by atoms with Gasteiger partial charge in [-0.3, -0.25) is 0 Å². The summed E-state index contributed by atoms with van der Waals surface area (Å²) < 4.78 is 34.4. The quantitative estimate of drug-likeness (QED) is 0.854. The van der Waals surface area contributed by atoms with Crippen molar-refractivity contribution in [2.75, 3.05) is 7.11 Å². The molecule has 124 valence electrons. The molecule has 23 heavy (non-hydrogen) atoms. The molecule has 1 N–H and O–H groups in total. The van der Waals surface area contributed by atoms with Crippen LogP contribution in [0.4, 0.5) is 8.78 Å². The highest BCUT2D eigenvalue weighted by atomic mass is 19.1. The molecular weight excluding hydrogens is 298 g/mol. The van der Waals surface area contributed by atoms with Crippen LogP contribution in [0.5, 0.6) is 5.75 Å². The molecule has 0 heterocycles. The van der Waals surface area contributed by atoms with Gasteiger partial charge >= 0.3 is 0 Å². The van der Waals surface area contributed by atoms with Crippen molar-refractivity contribution in [3.05, 3.63) is 53.3 Å². The van der Waals surface area contributed by atoms with E-state index < -0.39 is 17.4 Å². The summed E-state index contributed by atoms with van der Waals surface area (Å²) in [5.74, 6) is 0.0645. The summed E-state index contributed by atoms with van der Waals surface area (Å²) in [4.78, 5) is 0. The molecule has 0 bridgehead atoms. The van der Waals surface area contributed by atoms with Gasteiger partial charge in [0.2, 0.25) is 0 Å². The third-order valence-corrected chi connectivity index (χ3v) is 3.80. The normalized spacial score (nSPS) is 13.0. The Morgan fingerprint density at radius 1 is 1.09 bits per heavy atom. The van der Waals surface area contributed by atoms with Crippen molar-refractivity contribution < 1.29 is 18.6 Å². The van der Waals surface area contributed by atoms with Crippen LogP contribution >= 0.6 is 0 Å². The van der Waals surface area contributed by atoms with Crippen molar-refractivity contribution in [3.63, 3.8) is 0 Å². The fraction of sp³-hybridized carbons (Fsp3) is 0.368. The van der Waals surface area contributed by atoms with E-state index in [1.54, 1.807) is 45.0 Å². The molecule has 0 radical (unpaired) electrons. The lowest BCUT2D eigenvalue weighted by Gasteiger charge is -2.26. The third kappa shape index (κ3) is 3.70. The number of alkyl halides is 1. The molecule has 0 aliphatic carbocycles. The van der Waals surface area contributed by atoms with Gasteiger partial charge in [0.1, 0.15) is 17.7 Å².